The number of rotatable bonds is 5. The Morgan fingerprint density at radius 1 is 1.33 bits per heavy atom. The van der Waals surface area contributed by atoms with Gasteiger partial charge in [0.25, 0.3) is 0 Å². The monoisotopic (exact) mass is 344 g/mol. The third-order valence-electron chi connectivity index (χ3n) is 3.56. The van der Waals surface area contributed by atoms with E-state index in [9.17, 15) is 9.59 Å². The van der Waals surface area contributed by atoms with Gasteiger partial charge in [0, 0.05) is 23.0 Å². The molecule has 2 N–H and O–H groups in total. The summed E-state index contributed by atoms with van der Waals surface area (Å²) in [7, 11) is 0. The zero-order chi connectivity index (χ0) is 17.1. The Kier molecular flexibility index (Phi) is 4.57. The van der Waals surface area contributed by atoms with Crippen molar-refractivity contribution in [3.8, 4) is 0 Å². The number of carbonyl (C=O) groups is 1. The van der Waals surface area contributed by atoms with Gasteiger partial charge in [-0.15, -0.1) is 0 Å². The Bertz CT molecular complexity index is 948. The first-order valence-electron chi connectivity index (χ1n) is 7.36. The van der Waals surface area contributed by atoms with Crippen molar-refractivity contribution in [1.29, 1.82) is 0 Å². The SMILES string of the molecule is Cc1csc(=O)n1CCC(=O)OCc1nc(N)c2ccccc2n1. The van der Waals surface area contributed by atoms with Crippen molar-refractivity contribution in [2.75, 3.05) is 5.73 Å². The van der Waals surface area contributed by atoms with Crippen molar-refractivity contribution in [1.82, 2.24) is 14.5 Å². The highest BCUT2D eigenvalue weighted by molar-refractivity contribution is 7.07. The number of esters is 1. The van der Waals surface area contributed by atoms with Gasteiger partial charge in [-0.05, 0) is 19.1 Å². The first kappa shape index (κ1) is 16.1. The molecule has 8 heteroatoms. The van der Waals surface area contributed by atoms with Crippen molar-refractivity contribution in [3.05, 3.63) is 50.8 Å². The van der Waals surface area contributed by atoms with E-state index in [1.54, 1.807) is 9.95 Å². The number of nitrogens with zero attached hydrogens (tertiary/aromatic N) is 3. The van der Waals surface area contributed by atoms with E-state index in [2.05, 4.69) is 9.97 Å². The minimum absolute atomic E-state index is 0.0502. The number of aryl methyl sites for hydroxylation is 1. The van der Waals surface area contributed by atoms with Crippen LogP contribution in [0.4, 0.5) is 5.82 Å². The van der Waals surface area contributed by atoms with E-state index in [1.807, 2.05) is 31.2 Å². The van der Waals surface area contributed by atoms with Gasteiger partial charge in [-0.1, -0.05) is 23.5 Å². The zero-order valence-corrected chi connectivity index (χ0v) is 13.9. The summed E-state index contributed by atoms with van der Waals surface area (Å²) in [5.74, 6) is 0.290. The topological polar surface area (TPSA) is 100 Å². The van der Waals surface area contributed by atoms with Gasteiger partial charge in [0.15, 0.2) is 12.4 Å². The van der Waals surface area contributed by atoms with Gasteiger partial charge in [-0.3, -0.25) is 9.59 Å². The molecule has 24 heavy (non-hydrogen) atoms. The van der Waals surface area contributed by atoms with E-state index in [0.717, 1.165) is 22.4 Å². The fourth-order valence-corrected chi connectivity index (χ4v) is 3.07. The molecular weight excluding hydrogens is 328 g/mol. The third-order valence-corrected chi connectivity index (χ3v) is 4.44. The predicted octanol–water partition coefficient (Wildman–Crippen LogP) is 1.88. The Morgan fingerprint density at radius 3 is 2.88 bits per heavy atom. The standard InChI is InChI=1S/C16H16N4O3S/c1-10-9-24-16(22)20(10)7-6-14(21)23-8-13-18-12-5-3-2-4-11(12)15(17)19-13/h2-5,9H,6-8H2,1H3,(H2,17,18,19). The lowest BCUT2D eigenvalue weighted by Gasteiger charge is -2.07. The molecule has 0 aliphatic carbocycles. The van der Waals surface area contributed by atoms with E-state index in [-0.39, 0.29) is 17.9 Å². The number of nitrogens with two attached hydrogens (primary N) is 1. The number of carbonyl (C=O) groups excluding carboxylic acids is 1. The van der Waals surface area contributed by atoms with Crippen molar-refractivity contribution in [2.24, 2.45) is 0 Å². The molecule has 0 aliphatic rings. The molecule has 3 rings (SSSR count). The smallest absolute Gasteiger partial charge is 0.308 e. The molecule has 2 aromatic heterocycles. The molecule has 7 nitrogen and oxygen atoms in total. The summed E-state index contributed by atoms with van der Waals surface area (Å²) < 4.78 is 6.73. The van der Waals surface area contributed by atoms with E-state index in [0.29, 0.717) is 23.7 Å². The van der Waals surface area contributed by atoms with Gasteiger partial charge in [-0.2, -0.15) is 0 Å². The molecule has 0 bridgehead atoms. The van der Waals surface area contributed by atoms with Crippen LogP contribution in [0.3, 0.4) is 0 Å². The molecule has 124 valence electrons. The van der Waals surface area contributed by atoms with E-state index < -0.39 is 5.97 Å². The van der Waals surface area contributed by atoms with Crippen LogP contribution in [-0.2, 0) is 22.7 Å². The number of hydrogen-bond donors (Lipinski definition) is 1. The molecule has 3 aromatic rings. The molecule has 0 unspecified atom stereocenters. The Hall–Kier alpha value is -2.74. The summed E-state index contributed by atoms with van der Waals surface area (Å²) >= 11 is 1.12. The minimum atomic E-state index is -0.414. The summed E-state index contributed by atoms with van der Waals surface area (Å²) in [5.41, 5.74) is 7.43. The third kappa shape index (κ3) is 3.43. The number of nitrogen functional groups attached to an aromatic ring is 1. The molecule has 0 spiro atoms. The number of ether oxygens (including phenoxy) is 1. The van der Waals surface area contributed by atoms with Crippen LogP contribution in [-0.4, -0.2) is 20.5 Å². The largest absolute Gasteiger partial charge is 0.457 e. The van der Waals surface area contributed by atoms with Crippen LogP contribution in [0.15, 0.2) is 34.4 Å². The first-order chi connectivity index (χ1) is 11.5. The molecule has 0 aliphatic heterocycles. The summed E-state index contributed by atoms with van der Waals surface area (Å²) in [4.78, 5) is 31.8. The highest BCUT2D eigenvalue weighted by atomic mass is 32.1. The maximum atomic E-state index is 11.9. The number of fused-ring (bicyclic) bond motifs is 1. The molecule has 0 radical (unpaired) electrons. The maximum absolute atomic E-state index is 11.9. The normalized spacial score (nSPS) is 10.9. The molecule has 0 atom stereocenters. The number of para-hydroxylation sites is 1. The second kappa shape index (κ2) is 6.79. The van der Waals surface area contributed by atoms with Gasteiger partial charge in [-0.25, -0.2) is 9.97 Å². The predicted molar refractivity (Wildman–Crippen MR) is 91.7 cm³/mol. The quantitative estimate of drug-likeness (QED) is 0.709. The first-order valence-corrected chi connectivity index (χ1v) is 8.24. The zero-order valence-electron chi connectivity index (χ0n) is 13.1. The van der Waals surface area contributed by atoms with Crippen LogP contribution in [0.5, 0.6) is 0 Å². The fraction of sp³-hybridized carbons (Fsp3) is 0.250. The van der Waals surface area contributed by atoms with E-state index in [1.165, 1.54) is 0 Å². The Labute approximate surface area is 141 Å². The van der Waals surface area contributed by atoms with Crippen molar-refractivity contribution in [3.63, 3.8) is 0 Å². The average molecular weight is 344 g/mol. The number of benzene rings is 1. The second-order valence-electron chi connectivity index (χ2n) is 5.25. The van der Waals surface area contributed by atoms with Gasteiger partial charge < -0.3 is 15.0 Å². The van der Waals surface area contributed by atoms with Gasteiger partial charge in [0.2, 0.25) is 0 Å². The van der Waals surface area contributed by atoms with Crippen LogP contribution in [0, 0.1) is 6.92 Å². The van der Waals surface area contributed by atoms with Crippen LogP contribution >= 0.6 is 11.3 Å². The number of thiazole rings is 1. The summed E-state index contributed by atoms with van der Waals surface area (Å²) in [6.07, 6.45) is 0.112. The molecule has 2 heterocycles. The van der Waals surface area contributed by atoms with Crippen molar-refractivity contribution in [2.45, 2.75) is 26.5 Å². The van der Waals surface area contributed by atoms with Gasteiger partial charge >= 0.3 is 10.8 Å². The number of anilines is 1. The van der Waals surface area contributed by atoms with Crippen LogP contribution in [0.25, 0.3) is 10.9 Å². The number of aromatic nitrogens is 3. The molecule has 0 saturated carbocycles. The highest BCUT2D eigenvalue weighted by Gasteiger charge is 2.10. The second-order valence-corrected chi connectivity index (χ2v) is 6.07. The average Bonchev–Trinajstić information content (AvgIpc) is 2.89. The van der Waals surface area contributed by atoms with Crippen molar-refractivity contribution < 1.29 is 9.53 Å². The Balaban J connectivity index is 1.61. The van der Waals surface area contributed by atoms with Crippen LogP contribution in [0.1, 0.15) is 17.9 Å². The van der Waals surface area contributed by atoms with Gasteiger partial charge in [0.1, 0.15) is 5.82 Å². The lowest BCUT2D eigenvalue weighted by molar-refractivity contribution is -0.145. The highest BCUT2D eigenvalue weighted by Crippen LogP contribution is 2.17. The van der Waals surface area contributed by atoms with Crippen molar-refractivity contribution >= 4 is 34.0 Å². The number of hydrogen-bond acceptors (Lipinski definition) is 7. The summed E-state index contributed by atoms with van der Waals surface area (Å²) in [5, 5.41) is 2.53. The Morgan fingerprint density at radius 2 is 2.12 bits per heavy atom. The summed E-state index contributed by atoms with van der Waals surface area (Å²) in [6, 6.07) is 7.37. The molecule has 1 aromatic carbocycles. The summed E-state index contributed by atoms with van der Waals surface area (Å²) in [6.45, 7) is 2.08. The molecular formula is C16H16N4O3S. The lowest BCUT2D eigenvalue weighted by atomic mass is 10.2. The van der Waals surface area contributed by atoms with Crippen LogP contribution < -0.4 is 10.6 Å². The molecule has 0 saturated heterocycles. The van der Waals surface area contributed by atoms with Gasteiger partial charge in [0.05, 0.1) is 11.9 Å². The molecule has 0 fully saturated rings. The van der Waals surface area contributed by atoms with Crippen LogP contribution in [0.2, 0.25) is 0 Å². The fourth-order valence-electron chi connectivity index (χ4n) is 2.31. The molecule has 0 amide bonds. The van der Waals surface area contributed by atoms with E-state index >= 15 is 0 Å². The maximum Gasteiger partial charge on any atom is 0.308 e. The minimum Gasteiger partial charge on any atom is -0.457 e. The lowest BCUT2D eigenvalue weighted by Crippen LogP contribution is -2.18. The van der Waals surface area contributed by atoms with E-state index in [4.69, 9.17) is 10.5 Å².